The van der Waals surface area contributed by atoms with E-state index in [1.54, 1.807) is 24.3 Å². The number of aryl methyl sites for hydroxylation is 2. The van der Waals surface area contributed by atoms with Crippen LogP contribution in [-0.2, 0) is 11.2 Å². The van der Waals surface area contributed by atoms with Gasteiger partial charge in [0.25, 0.3) is 5.69 Å². The third kappa shape index (κ3) is 4.70. The van der Waals surface area contributed by atoms with Gasteiger partial charge in [-0.2, -0.15) is 5.10 Å². The average molecular weight is 377 g/mol. The van der Waals surface area contributed by atoms with Crippen LogP contribution in [-0.4, -0.2) is 17.0 Å². The second-order valence-electron chi connectivity index (χ2n) is 6.41. The number of furan rings is 1. The van der Waals surface area contributed by atoms with Crippen LogP contribution in [0.4, 0.5) is 5.69 Å². The highest BCUT2D eigenvalue weighted by atomic mass is 16.6. The largest absolute Gasteiger partial charge is 0.455 e. The van der Waals surface area contributed by atoms with Gasteiger partial charge in [0, 0.05) is 17.7 Å². The number of amides is 1. The summed E-state index contributed by atoms with van der Waals surface area (Å²) in [7, 11) is 0. The Morgan fingerprint density at radius 3 is 2.75 bits per heavy atom. The smallest absolute Gasteiger partial charge is 0.270 e. The minimum atomic E-state index is -0.458. The van der Waals surface area contributed by atoms with Gasteiger partial charge in [0.1, 0.15) is 11.5 Å². The summed E-state index contributed by atoms with van der Waals surface area (Å²) in [4.78, 5) is 22.5. The summed E-state index contributed by atoms with van der Waals surface area (Å²) in [6.45, 7) is 3.98. The second-order valence-corrected chi connectivity index (χ2v) is 6.41. The van der Waals surface area contributed by atoms with E-state index in [0.717, 1.165) is 16.7 Å². The van der Waals surface area contributed by atoms with Crippen LogP contribution >= 0.6 is 0 Å². The molecule has 0 bridgehead atoms. The summed E-state index contributed by atoms with van der Waals surface area (Å²) in [5.74, 6) is 0.675. The number of nitro groups is 1. The number of benzene rings is 2. The molecule has 1 heterocycles. The van der Waals surface area contributed by atoms with Gasteiger partial charge in [-0.25, -0.2) is 5.43 Å². The molecule has 0 fully saturated rings. The highest BCUT2D eigenvalue weighted by molar-refractivity contribution is 5.82. The molecule has 0 aliphatic rings. The summed E-state index contributed by atoms with van der Waals surface area (Å²) < 4.78 is 5.61. The van der Waals surface area contributed by atoms with E-state index in [0.29, 0.717) is 17.1 Å². The first-order valence-electron chi connectivity index (χ1n) is 8.65. The molecule has 7 nitrogen and oxygen atoms in total. The monoisotopic (exact) mass is 377 g/mol. The molecule has 0 spiro atoms. The Bertz CT molecular complexity index is 1050. The molecule has 3 rings (SSSR count). The molecule has 1 N–H and O–H groups in total. The van der Waals surface area contributed by atoms with Crippen molar-refractivity contribution in [2.24, 2.45) is 5.10 Å². The van der Waals surface area contributed by atoms with Gasteiger partial charge in [-0.15, -0.1) is 0 Å². The van der Waals surface area contributed by atoms with Gasteiger partial charge in [-0.1, -0.05) is 35.9 Å². The van der Waals surface area contributed by atoms with Crippen LogP contribution in [0, 0.1) is 24.0 Å². The van der Waals surface area contributed by atoms with Crippen LogP contribution in [0.25, 0.3) is 11.3 Å². The number of non-ortho nitro benzene ring substituents is 1. The van der Waals surface area contributed by atoms with Crippen LogP contribution < -0.4 is 5.43 Å². The number of nitrogens with zero attached hydrogens (tertiary/aromatic N) is 2. The minimum absolute atomic E-state index is 0.0113. The van der Waals surface area contributed by atoms with E-state index in [-0.39, 0.29) is 18.0 Å². The topological polar surface area (TPSA) is 97.7 Å². The van der Waals surface area contributed by atoms with E-state index < -0.39 is 4.92 Å². The first kappa shape index (κ1) is 19.0. The van der Waals surface area contributed by atoms with Gasteiger partial charge >= 0.3 is 0 Å². The second kappa shape index (κ2) is 8.30. The fourth-order valence-corrected chi connectivity index (χ4v) is 2.77. The summed E-state index contributed by atoms with van der Waals surface area (Å²) in [5, 5.41) is 14.8. The lowest BCUT2D eigenvalue weighted by atomic mass is 10.0. The van der Waals surface area contributed by atoms with Crippen molar-refractivity contribution in [1.82, 2.24) is 5.43 Å². The zero-order valence-corrected chi connectivity index (χ0v) is 15.5. The maximum absolute atomic E-state index is 12.0. The van der Waals surface area contributed by atoms with E-state index >= 15 is 0 Å². The van der Waals surface area contributed by atoms with Crippen LogP contribution in [0.3, 0.4) is 0 Å². The number of carbonyl (C=O) groups is 1. The van der Waals surface area contributed by atoms with Gasteiger partial charge in [-0.05, 0) is 37.1 Å². The lowest BCUT2D eigenvalue weighted by Crippen LogP contribution is -2.20. The molecule has 0 aliphatic carbocycles. The molecule has 28 heavy (non-hydrogen) atoms. The molecule has 0 saturated carbocycles. The quantitative estimate of drug-likeness (QED) is 0.396. The summed E-state index contributed by atoms with van der Waals surface area (Å²) in [6, 6.07) is 15.5. The molecule has 0 radical (unpaired) electrons. The first-order valence-corrected chi connectivity index (χ1v) is 8.65. The van der Waals surface area contributed by atoms with Crippen molar-refractivity contribution in [2.45, 2.75) is 20.3 Å². The lowest BCUT2D eigenvalue weighted by molar-refractivity contribution is -0.384. The Morgan fingerprint density at radius 1 is 1.18 bits per heavy atom. The Kier molecular flexibility index (Phi) is 5.64. The summed E-state index contributed by atoms with van der Waals surface area (Å²) >= 11 is 0. The Hall–Kier alpha value is -3.74. The Labute approximate surface area is 161 Å². The predicted octanol–water partition coefficient (Wildman–Crippen LogP) is 4.16. The number of carbonyl (C=O) groups excluding carboxylic acids is 1. The summed E-state index contributed by atoms with van der Waals surface area (Å²) in [6.07, 6.45) is 1.63. The number of hydrogen-bond acceptors (Lipinski definition) is 5. The van der Waals surface area contributed by atoms with E-state index in [4.69, 9.17) is 4.42 Å². The Morgan fingerprint density at radius 2 is 2.00 bits per heavy atom. The molecule has 1 aromatic heterocycles. The van der Waals surface area contributed by atoms with Gasteiger partial charge < -0.3 is 4.42 Å². The fraction of sp³-hybridized carbons (Fsp3) is 0.143. The van der Waals surface area contributed by atoms with Crippen LogP contribution in [0.15, 0.2) is 64.1 Å². The highest BCUT2D eigenvalue weighted by Gasteiger charge is 2.10. The van der Waals surface area contributed by atoms with E-state index in [2.05, 4.69) is 10.5 Å². The summed E-state index contributed by atoms with van der Waals surface area (Å²) in [5.41, 5.74) is 6.22. The number of rotatable bonds is 6. The number of nitro benzene ring substituents is 1. The van der Waals surface area contributed by atoms with Crippen LogP contribution in [0.5, 0.6) is 0 Å². The van der Waals surface area contributed by atoms with Gasteiger partial charge in [0.2, 0.25) is 5.91 Å². The maximum atomic E-state index is 12.0. The lowest BCUT2D eigenvalue weighted by Gasteiger charge is -2.05. The molecule has 3 aromatic rings. The number of nitrogens with one attached hydrogen (secondary N) is 1. The molecule has 2 aromatic carbocycles. The van der Waals surface area contributed by atoms with Gasteiger partial charge in [-0.3, -0.25) is 14.9 Å². The van der Waals surface area contributed by atoms with Crippen molar-refractivity contribution in [3.63, 3.8) is 0 Å². The molecular weight excluding hydrogens is 358 g/mol. The molecule has 0 atom stereocenters. The first-order chi connectivity index (χ1) is 13.4. The Balaban J connectivity index is 1.62. The van der Waals surface area contributed by atoms with Crippen molar-refractivity contribution in [2.75, 3.05) is 0 Å². The van der Waals surface area contributed by atoms with Crippen LogP contribution in [0.1, 0.15) is 22.5 Å². The van der Waals surface area contributed by atoms with Gasteiger partial charge in [0.15, 0.2) is 0 Å². The van der Waals surface area contributed by atoms with Crippen molar-refractivity contribution < 1.29 is 14.1 Å². The fourth-order valence-electron chi connectivity index (χ4n) is 2.77. The maximum Gasteiger partial charge on any atom is 0.270 e. The number of hydrogen-bond donors (Lipinski definition) is 1. The molecule has 0 aliphatic heterocycles. The standard InChI is InChI=1S/C21H19N3O4/c1-14-6-7-16(15(2)10-14)12-21(25)23-22-13-19-8-9-20(28-19)17-4-3-5-18(11-17)24(26)27/h3-11,13H,12H2,1-2H3,(H,23,25)/b22-13+. The molecule has 0 saturated heterocycles. The van der Waals surface area contributed by atoms with Crippen molar-refractivity contribution in [1.29, 1.82) is 0 Å². The SMILES string of the molecule is Cc1ccc(CC(=O)N/N=C/c2ccc(-c3cccc([N+](=O)[O-])c3)o2)c(C)c1. The average Bonchev–Trinajstić information content (AvgIpc) is 3.13. The minimum Gasteiger partial charge on any atom is -0.455 e. The molecule has 1 amide bonds. The normalized spacial score (nSPS) is 10.9. The van der Waals surface area contributed by atoms with Gasteiger partial charge in [0.05, 0.1) is 17.6 Å². The van der Waals surface area contributed by atoms with Crippen molar-refractivity contribution >= 4 is 17.8 Å². The molecular formula is C21H19N3O4. The van der Waals surface area contributed by atoms with Crippen LogP contribution in [0.2, 0.25) is 0 Å². The zero-order chi connectivity index (χ0) is 20.1. The van der Waals surface area contributed by atoms with E-state index in [9.17, 15) is 14.9 Å². The van der Waals surface area contributed by atoms with Crippen molar-refractivity contribution in [3.8, 4) is 11.3 Å². The van der Waals surface area contributed by atoms with E-state index in [1.807, 2.05) is 32.0 Å². The molecule has 142 valence electrons. The highest BCUT2D eigenvalue weighted by Crippen LogP contribution is 2.25. The molecule has 7 heteroatoms. The molecule has 0 unspecified atom stereocenters. The predicted molar refractivity (Wildman–Crippen MR) is 106 cm³/mol. The third-order valence-corrected chi connectivity index (χ3v) is 4.20. The number of hydrazone groups is 1. The zero-order valence-electron chi connectivity index (χ0n) is 15.5. The van der Waals surface area contributed by atoms with Crippen molar-refractivity contribution in [3.05, 3.63) is 87.2 Å². The third-order valence-electron chi connectivity index (χ3n) is 4.20. The van der Waals surface area contributed by atoms with E-state index in [1.165, 1.54) is 18.3 Å².